The van der Waals surface area contributed by atoms with Crippen LogP contribution in [-0.2, 0) is 0 Å². The van der Waals surface area contributed by atoms with Crippen LogP contribution in [0.4, 0.5) is 5.82 Å². The second-order valence-corrected chi connectivity index (χ2v) is 1.94. The first-order chi connectivity index (χ1) is 5.66. The Morgan fingerprint density at radius 2 is 2.42 bits per heavy atom. The molecule has 9 heteroatoms. The Bertz CT molecular complexity index is 333. The molecule has 1 N–H and O–H groups in total. The van der Waals surface area contributed by atoms with Gasteiger partial charge < -0.3 is 15.3 Å². The van der Waals surface area contributed by atoms with Crippen molar-refractivity contribution < 1.29 is 14.8 Å². The van der Waals surface area contributed by atoms with E-state index in [2.05, 4.69) is 20.1 Å². The average Bonchev–Trinajstić information content (AvgIpc) is 2.50. The lowest BCUT2D eigenvalue weighted by Gasteiger charge is -1.86. The highest BCUT2D eigenvalue weighted by atomic mass is 35.5. The van der Waals surface area contributed by atoms with Crippen LogP contribution in [0.25, 0.3) is 0 Å². The quantitative estimate of drug-likeness (QED) is 0.313. The summed E-state index contributed by atoms with van der Waals surface area (Å²) >= 11 is 5.21. The van der Waals surface area contributed by atoms with Gasteiger partial charge in [0.05, 0.1) is 0 Å². The van der Waals surface area contributed by atoms with E-state index in [1.807, 2.05) is 0 Å². The van der Waals surface area contributed by atoms with Crippen molar-refractivity contribution in [3.8, 4) is 0 Å². The first kappa shape index (κ1) is 8.40. The van der Waals surface area contributed by atoms with Crippen LogP contribution in [0.15, 0.2) is 9.78 Å². The molecule has 1 aromatic heterocycles. The second kappa shape index (κ2) is 3.13. The van der Waals surface area contributed by atoms with Crippen LogP contribution in [0, 0.1) is 10.1 Å². The molecule has 1 aromatic rings. The Morgan fingerprint density at radius 1 is 1.75 bits per heavy atom. The van der Waals surface area contributed by atoms with Crippen molar-refractivity contribution in [2.45, 2.75) is 0 Å². The molecule has 0 saturated carbocycles. The van der Waals surface area contributed by atoms with Gasteiger partial charge in [0.15, 0.2) is 5.16 Å². The molecule has 0 atom stereocenters. The Balaban J connectivity index is 3.16. The van der Waals surface area contributed by atoms with Crippen LogP contribution in [-0.4, -0.2) is 25.6 Å². The van der Waals surface area contributed by atoms with Crippen molar-refractivity contribution >= 4 is 22.6 Å². The number of halogens is 1. The molecule has 8 nitrogen and oxygen atoms in total. The molecule has 0 saturated heterocycles. The first-order valence-corrected chi connectivity index (χ1v) is 2.89. The Morgan fingerprint density at radius 3 is 2.92 bits per heavy atom. The molecule has 0 radical (unpaired) electrons. The zero-order chi connectivity index (χ0) is 9.14. The highest BCUT2D eigenvalue weighted by Crippen LogP contribution is 2.14. The number of hydrogen-bond acceptors (Lipinski definition) is 7. The third-order valence-corrected chi connectivity index (χ3v) is 1.18. The van der Waals surface area contributed by atoms with E-state index in [4.69, 9.17) is 16.8 Å². The van der Waals surface area contributed by atoms with Crippen molar-refractivity contribution in [1.29, 1.82) is 0 Å². The lowest BCUT2D eigenvalue weighted by Crippen LogP contribution is -1.98. The number of aromatic nitrogens is 2. The summed E-state index contributed by atoms with van der Waals surface area (Å²) in [6.07, 6.45) is 0. The summed E-state index contributed by atoms with van der Waals surface area (Å²) in [4.78, 5) is 9.29. The predicted octanol–water partition coefficient (Wildman–Crippen LogP) is 0.352. The van der Waals surface area contributed by atoms with Crippen molar-refractivity contribution in [3.05, 3.63) is 15.8 Å². The van der Waals surface area contributed by atoms with Crippen LogP contribution in [0.2, 0.25) is 0 Å². The molecule has 0 aromatic carbocycles. The van der Waals surface area contributed by atoms with Crippen LogP contribution in [0.5, 0.6) is 0 Å². The highest BCUT2D eigenvalue weighted by molar-refractivity contribution is 6.69. The molecule has 0 amide bonds. The second-order valence-electron chi connectivity index (χ2n) is 1.58. The summed E-state index contributed by atoms with van der Waals surface area (Å²) < 4.78 is 4.01. The van der Waals surface area contributed by atoms with Crippen molar-refractivity contribution in [3.63, 3.8) is 0 Å². The van der Waals surface area contributed by atoms with Crippen molar-refractivity contribution in [1.82, 2.24) is 10.3 Å². The average molecular weight is 193 g/mol. The van der Waals surface area contributed by atoms with Gasteiger partial charge in [-0.05, 0) is 10.1 Å². The summed E-state index contributed by atoms with van der Waals surface area (Å²) in [6, 6.07) is 0. The topological polar surface area (TPSA) is 115 Å². The number of nitrogens with zero attached hydrogens (tertiary/aromatic N) is 4. The number of hydrogen-bond donors (Lipinski definition) is 1. The standard InChI is InChI=1S/C3HClN4O4/c4-2(5-9)1-3(8(10)11)7-12-6-1/h9H/b5-2-. The van der Waals surface area contributed by atoms with Crippen molar-refractivity contribution in [2.24, 2.45) is 5.16 Å². The van der Waals surface area contributed by atoms with Gasteiger partial charge >= 0.3 is 5.82 Å². The molecular weight excluding hydrogens is 192 g/mol. The zero-order valence-electron chi connectivity index (χ0n) is 5.34. The van der Waals surface area contributed by atoms with Gasteiger partial charge in [-0.25, -0.2) is 0 Å². The third-order valence-electron chi connectivity index (χ3n) is 0.927. The predicted molar refractivity (Wildman–Crippen MR) is 35.1 cm³/mol. The summed E-state index contributed by atoms with van der Waals surface area (Å²) in [6.45, 7) is 0. The van der Waals surface area contributed by atoms with E-state index < -0.39 is 21.6 Å². The fraction of sp³-hybridized carbons (Fsp3) is 0. The molecule has 1 heterocycles. The van der Waals surface area contributed by atoms with Gasteiger partial charge in [0.1, 0.15) is 0 Å². The molecule has 12 heavy (non-hydrogen) atoms. The minimum atomic E-state index is -0.862. The summed E-state index contributed by atoms with van der Waals surface area (Å²) in [7, 11) is 0. The van der Waals surface area contributed by atoms with Gasteiger partial charge in [0, 0.05) is 0 Å². The Labute approximate surface area is 69.5 Å². The van der Waals surface area contributed by atoms with Gasteiger partial charge in [0.2, 0.25) is 5.17 Å². The van der Waals surface area contributed by atoms with Gasteiger partial charge in [-0.3, -0.25) is 0 Å². The summed E-state index contributed by atoms with van der Waals surface area (Å²) in [5, 5.41) is 26.2. The van der Waals surface area contributed by atoms with Crippen LogP contribution < -0.4 is 0 Å². The maximum atomic E-state index is 10.2. The maximum absolute atomic E-state index is 10.2. The third kappa shape index (κ3) is 1.32. The normalized spacial score (nSPS) is 11.6. The summed E-state index contributed by atoms with van der Waals surface area (Å²) in [5.41, 5.74) is -0.413. The van der Waals surface area contributed by atoms with E-state index in [0.29, 0.717) is 0 Å². The van der Waals surface area contributed by atoms with E-state index in [0.717, 1.165) is 0 Å². The van der Waals surface area contributed by atoms with Crippen LogP contribution >= 0.6 is 11.6 Å². The van der Waals surface area contributed by atoms with Crippen LogP contribution in [0.3, 0.4) is 0 Å². The van der Waals surface area contributed by atoms with Gasteiger partial charge in [0.25, 0.3) is 5.69 Å². The maximum Gasteiger partial charge on any atom is 0.445 e. The Hall–Kier alpha value is -1.70. The van der Waals surface area contributed by atoms with Gasteiger partial charge in [-0.1, -0.05) is 16.8 Å². The molecule has 0 aliphatic rings. The van der Waals surface area contributed by atoms with Crippen LogP contribution in [0.1, 0.15) is 5.69 Å². The minimum absolute atomic E-state index is 0.413. The largest absolute Gasteiger partial charge is 0.445 e. The lowest BCUT2D eigenvalue weighted by molar-refractivity contribution is -0.391. The van der Waals surface area contributed by atoms with Crippen molar-refractivity contribution in [2.75, 3.05) is 0 Å². The number of rotatable bonds is 2. The van der Waals surface area contributed by atoms with E-state index in [-0.39, 0.29) is 0 Å². The van der Waals surface area contributed by atoms with Gasteiger partial charge in [-0.15, -0.1) is 4.63 Å². The zero-order valence-corrected chi connectivity index (χ0v) is 6.09. The lowest BCUT2D eigenvalue weighted by atomic mass is 10.5. The molecule has 64 valence electrons. The number of oxime groups is 1. The molecule has 0 aliphatic carbocycles. The smallest absolute Gasteiger partial charge is 0.410 e. The van der Waals surface area contributed by atoms with E-state index in [1.54, 1.807) is 0 Å². The van der Waals surface area contributed by atoms with E-state index in [9.17, 15) is 10.1 Å². The highest BCUT2D eigenvalue weighted by Gasteiger charge is 2.25. The molecule has 0 spiro atoms. The summed E-state index contributed by atoms with van der Waals surface area (Å²) in [5.74, 6) is -0.696. The molecule has 0 fully saturated rings. The molecule has 0 bridgehead atoms. The van der Waals surface area contributed by atoms with E-state index in [1.165, 1.54) is 0 Å². The van der Waals surface area contributed by atoms with Gasteiger partial charge in [-0.2, -0.15) is 0 Å². The molecule has 0 unspecified atom stereocenters. The Kier molecular flexibility index (Phi) is 2.19. The molecular formula is C3HClN4O4. The number of nitro groups is 1. The first-order valence-electron chi connectivity index (χ1n) is 2.51. The SMILES string of the molecule is O=[N+]([O-])c1nonc1/C(Cl)=N/O. The molecule has 0 aliphatic heterocycles. The molecule has 1 rings (SSSR count). The monoisotopic (exact) mass is 192 g/mol. The van der Waals surface area contributed by atoms with E-state index >= 15 is 0 Å². The fourth-order valence-electron chi connectivity index (χ4n) is 0.481. The fourth-order valence-corrected chi connectivity index (χ4v) is 0.600. The minimum Gasteiger partial charge on any atom is -0.410 e.